The summed E-state index contributed by atoms with van der Waals surface area (Å²) in [7, 11) is 0. The first kappa shape index (κ1) is 8.33. The van der Waals surface area contributed by atoms with E-state index in [9.17, 15) is 4.79 Å². The number of H-pyrrole nitrogens is 1. The smallest absolute Gasteiger partial charge is 0.340 e. The second-order valence-electron chi connectivity index (χ2n) is 1.94. The first-order chi connectivity index (χ1) is 5.25. The summed E-state index contributed by atoms with van der Waals surface area (Å²) in [6.45, 7) is 2.18. The van der Waals surface area contributed by atoms with E-state index in [0.717, 1.165) is 4.47 Å². The molecule has 0 aliphatic carbocycles. The molecular weight excluding hydrogens is 210 g/mol. The highest BCUT2D eigenvalue weighted by Gasteiger charge is 2.10. The molecule has 1 N–H and O–H groups in total. The fourth-order valence-corrected chi connectivity index (χ4v) is 1.12. The standard InChI is InChI=1S/C7H8BrNO2/c1-2-11-7(10)5-3-9-4-6(5)8/h3-4,9H,2H2,1H3. The first-order valence-corrected chi connectivity index (χ1v) is 4.04. The minimum Gasteiger partial charge on any atom is -0.462 e. The van der Waals surface area contributed by atoms with Crippen molar-refractivity contribution in [3.63, 3.8) is 0 Å². The third-order valence-corrected chi connectivity index (χ3v) is 1.85. The van der Waals surface area contributed by atoms with Gasteiger partial charge in [-0.25, -0.2) is 4.79 Å². The molecule has 0 aliphatic rings. The van der Waals surface area contributed by atoms with Crippen LogP contribution in [0.3, 0.4) is 0 Å². The number of aromatic amines is 1. The van der Waals surface area contributed by atoms with Crippen molar-refractivity contribution in [2.24, 2.45) is 0 Å². The second-order valence-corrected chi connectivity index (χ2v) is 2.79. The van der Waals surface area contributed by atoms with Crippen LogP contribution >= 0.6 is 15.9 Å². The molecule has 1 aromatic rings. The van der Waals surface area contributed by atoms with E-state index >= 15 is 0 Å². The molecular formula is C7H8BrNO2. The Morgan fingerprint density at radius 2 is 2.45 bits per heavy atom. The normalized spacial score (nSPS) is 9.64. The van der Waals surface area contributed by atoms with Crippen LogP contribution in [0.15, 0.2) is 16.9 Å². The largest absolute Gasteiger partial charge is 0.462 e. The highest BCUT2D eigenvalue weighted by atomic mass is 79.9. The molecule has 0 atom stereocenters. The molecule has 11 heavy (non-hydrogen) atoms. The van der Waals surface area contributed by atoms with Gasteiger partial charge in [-0.05, 0) is 22.9 Å². The minimum absolute atomic E-state index is 0.305. The number of nitrogens with one attached hydrogen (secondary N) is 1. The molecule has 1 heterocycles. The van der Waals surface area contributed by atoms with Crippen molar-refractivity contribution in [2.75, 3.05) is 6.61 Å². The van der Waals surface area contributed by atoms with Gasteiger partial charge in [0.15, 0.2) is 0 Å². The number of aromatic nitrogens is 1. The number of ether oxygens (including phenoxy) is 1. The Kier molecular flexibility index (Phi) is 2.70. The van der Waals surface area contributed by atoms with E-state index in [2.05, 4.69) is 20.9 Å². The van der Waals surface area contributed by atoms with Crippen molar-refractivity contribution >= 4 is 21.9 Å². The lowest BCUT2D eigenvalue weighted by atomic mass is 10.3. The van der Waals surface area contributed by atoms with Crippen molar-refractivity contribution in [2.45, 2.75) is 6.92 Å². The highest BCUT2D eigenvalue weighted by molar-refractivity contribution is 9.10. The number of carbonyl (C=O) groups is 1. The second kappa shape index (κ2) is 3.57. The monoisotopic (exact) mass is 217 g/mol. The molecule has 0 fully saturated rings. The predicted molar refractivity (Wildman–Crippen MR) is 44.4 cm³/mol. The summed E-state index contributed by atoms with van der Waals surface area (Å²) >= 11 is 3.20. The number of hydrogen-bond acceptors (Lipinski definition) is 2. The maximum Gasteiger partial charge on any atom is 0.340 e. The van der Waals surface area contributed by atoms with Gasteiger partial charge >= 0.3 is 5.97 Å². The van der Waals surface area contributed by atoms with Gasteiger partial charge in [0, 0.05) is 16.9 Å². The van der Waals surface area contributed by atoms with Crippen LogP contribution in [0.25, 0.3) is 0 Å². The Bertz CT molecular complexity index is 257. The molecule has 1 aromatic heterocycles. The van der Waals surface area contributed by atoms with Crippen molar-refractivity contribution in [1.82, 2.24) is 4.98 Å². The minimum atomic E-state index is -0.305. The molecule has 0 spiro atoms. The molecule has 1 rings (SSSR count). The summed E-state index contributed by atoms with van der Waals surface area (Å²) in [5.74, 6) is -0.305. The van der Waals surface area contributed by atoms with Gasteiger partial charge in [-0.15, -0.1) is 0 Å². The SMILES string of the molecule is CCOC(=O)c1c[nH]cc1Br. The zero-order valence-corrected chi connectivity index (χ0v) is 7.64. The Hall–Kier alpha value is -0.770. The fraction of sp³-hybridized carbons (Fsp3) is 0.286. The summed E-state index contributed by atoms with van der Waals surface area (Å²) in [6, 6.07) is 0. The number of halogens is 1. The van der Waals surface area contributed by atoms with E-state index in [1.54, 1.807) is 19.3 Å². The van der Waals surface area contributed by atoms with Gasteiger partial charge in [0.05, 0.1) is 12.2 Å². The number of rotatable bonds is 2. The van der Waals surface area contributed by atoms with Crippen LogP contribution in [-0.4, -0.2) is 17.6 Å². The van der Waals surface area contributed by atoms with Crippen molar-refractivity contribution in [1.29, 1.82) is 0 Å². The third kappa shape index (κ3) is 1.83. The van der Waals surface area contributed by atoms with Gasteiger partial charge in [0.25, 0.3) is 0 Å². The average Bonchev–Trinajstić information content (AvgIpc) is 2.36. The van der Waals surface area contributed by atoms with Crippen LogP contribution in [0.5, 0.6) is 0 Å². The van der Waals surface area contributed by atoms with Crippen molar-refractivity contribution in [3.8, 4) is 0 Å². The van der Waals surface area contributed by atoms with Gasteiger partial charge in [0.2, 0.25) is 0 Å². The Morgan fingerprint density at radius 1 is 1.73 bits per heavy atom. The van der Waals surface area contributed by atoms with Crippen molar-refractivity contribution in [3.05, 3.63) is 22.4 Å². The van der Waals surface area contributed by atoms with E-state index in [-0.39, 0.29) is 5.97 Å². The molecule has 0 aromatic carbocycles. The molecule has 0 radical (unpaired) electrons. The topological polar surface area (TPSA) is 42.1 Å². The summed E-state index contributed by atoms with van der Waals surface area (Å²) in [5.41, 5.74) is 0.534. The highest BCUT2D eigenvalue weighted by Crippen LogP contribution is 2.15. The van der Waals surface area contributed by atoms with Crippen LogP contribution in [-0.2, 0) is 4.74 Å². The maximum atomic E-state index is 11.1. The summed E-state index contributed by atoms with van der Waals surface area (Å²) in [4.78, 5) is 13.8. The van der Waals surface area contributed by atoms with E-state index in [4.69, 9.17) is 4.74 Å². The van der Waals surface area contributed by atoms with Crippen molar-refractivity contribution < 1.29 is 9.53 Å². The first-order valence-electron chi connectivity index (χ1n) is 3.25. The van der Waals surface area contributed by atoms with Gasteiger partial charge in [-0.1, -0.05) is 0 Å². The Morgan fingerprint density at radius 3 is 2.91 bits per heavy atom. The molecule has 3 nitrogen and oxygen atoms in total. The molecule has 0 saturated carbocycles. The van der Waals surface area contributed by atoms with Gasteiger partial charge < -0.3 is 9.72 Å². The average molecular weight is 218 g/mol. The van der Waals surface area contributed by atoms with Crippen LogP contribution in [0.1, 0.15) is 17.3 Å². The quantitative estimate of drug-likeness (QED) is 0.771. The summed E-state index contributed by atoms with van der Waals surface area (Å²) < 4.78 is 5.51. The van der Waals surface area contributed by atoms with Crippen LogP contribution in [0, 0.1) is 0 Å². The summed E-state index contributed by atoms with van der Waals surface area (Å²) in [5, 5.41) is 0. The third-order valence-electron chi connectivity index (χ3n) is 1.19. The van der Waals surface area contributed by atoms with Crippen LogP contribution in [0.4, 0.5) is 0 Å². The Balaban J connectivity index is 2.76. The van der Waals surface area contributed by atoms with E-state index < -0.39 is 0 Å². The van der Waals surface area contributed by atoms with E-state index in [0.29, 0.717) is 12.2 Å². The molecule has 0 aliphatic heterocycles. The lowest BCUT2D eigenvalue weighted by Crippen LogP contribution is -2.03. The molecule has 60 valence electrons. The van der Waals surface area contributed by atoms with E-state index in [1.165, 1.54) is 0 Å². The van der Waals surface area contributed by atoms with Gasteiger partial charge in [-0.2, -0.15) is 0 Å². The van der Waals surface area contributed by atoms with E-state index in [1.807, 2.05) is 0 Å². The zero-order valence-electron chi connectivity index (χ0n) is 6.06. The maximum absolute atomic E-state index is 11.1. The van der Waals surface area contributed by atoms with Crippen LogP contribution in [0.2, 0.25) is 0 Å². The lowest BCUT2D eigenvalue weighted by molar-refractivity contribution is 0.0525. The molecule has 0 amide bonds. The number of hydrogen-bond donors (Lipinski definition) is 1. The van der Waals surface area contributed by atoms with Gasteiger partial charge in [-0.3, -0.25) is 0 Å². The Labute approximate surface area is 72.9 Å². The predicted octanol–water partition coefficient (Wildman–Crippen LogP) is 1.95. The van der Waals surface area contributed by atoms with Crippen LogP contribution < -0.4 is 0 Å². The molecule has 0 unspecified atom stereocenters. The molecule has 0 bridgehead atoms. The molecule has 0 saturated heterocycles. The summed E-state index contributed by atoms with van der Waals surface area (Å²) in [6.07, 6.45) is 3.29. The fourth-order valence-electron chi connectivity index (χ4n) is 0.710. The molecule has 4 heteroatoms. The number of carbonyl (C=O) groups excluding carboxylic acids is 1. The lowest BCUT2D eigenvalue weighted by Gasteiger charge is -1.97. The van der Waals surface area contributed by atoms with Gasteiger partial charge in [0.1, 0.15) is 0 Å². The number of esters is 1. The zero-order chi connectivity index (χ0) is 8.27.